The largest absolute Gasteiger partial charge is 0.492 e. The lowest BCUT2D eigenvalue weighted by atomic mass is 10.1. The summed E-state index contributed by atoms with van der Waals surface area (Å²) in [5.41, 5.74) is 2.71. The van der Waals surface area contributed by atoms with Crippen molar-refractivity contribution in [1.82, 2.24) is 10.2 Å². The Balaban J connectivity index is 1.57. The average Bonchev–Trinajstić information content (AvgIpc) is 2.71. The lowest BCUT2D eigenvalue weighted by Crippen LogP contribution is -2.44. The molecule has 0 unspecified atom stereocenters. The molecule has 2 aromatic carbocycles. The van der Waals surface area contributed by atoms with Gasteiger partial charge in [-0.25, -0.2) is 9.18 Å². The Morgan fingerprint density at radius 3 is 2.52 bits per heavy atom. The summed E-state index contributed by atoms with van der Waals surface area (Å²) in [6.07, 6.45) is 0.633. The molecule has 0 bridgehead atoms. The number of benzene rings is 2. The van der Waals surface area contributed by atoms with Crippen LogP contribution in [0.4, 0.5) is 20.6 Å². The Morgan fingerprint density at radius 2 is 1.83 bits per heavy atom. The number of carbonyl (C=O) groups excluding carboxylic acids is 1. The molecule has 0 radical (unpaired) electrons. The van der Waals surface area contributed by atoms with E-state index in [-0.39, 0.29) is 11.8 Å². The molecule has 2 N–H and O–H groups in total. The van der Waals surface area contributed by atoms with Crippen molar-refractivity contribution in [3.8, 4) is 5.75 Å². The molecular weight excluding hydrogens is 371 g/mol. The lowest BCUT2D eigenvalue weighted by Gasteiger charge is -2.34. The molecule has 0 aromatic heterocycles. The summed E-state index contributed by atoms with van der Waals surface area (Å²) in [6.45, 7) is 6.90. The molecule has 7 heteroatoms. The maximum absolute atomic E-state index is 12.9. The van der Waals surface area contributed by atoms with Crippen LogP contribution in [0.5, 0.6) is 5.75 Å². The van der Waals surface area contributed by atoms with Gasteiger partial charge >= 0.3 is 6.03 Å². The van der Waals surface area contributed by atoms with Crippen molar-refractivity contribution >= 4 is 17.4 Å². The summed E-state index contributed by atoms with van der Waals surface area (Å²) < 4.78 is 18.7. The molecule has 1 aliphatic rings. The standard InChI is InChI=1S/C22H29FN4O2/c1-3-29-21-16-19(27-14-12-26(2)13-15-27)8-9-20(21)25-22(28)24-11-10-17-4-6-18(23)7-5-17/h4-9,16H,3,10-15H2,1-2H3,(H2,24,25,28). The molecule has 0 atom stereocenters. The van der Waals surface area contributed by atoms with Gasteiger partial charge in [-0.2, -0.15) is 0 Å². The van der Waals surface area contributed by atoms with Gasteiger partial charge in [0, 0.05) is 44.5 Å². The van der Waals surface area contributed by atoms with Gasteiger partial charge in [0.25, 0.3) is 0 Å². The monoisotopic (exact) mass is 400 g/mol. The number of urea groups is 1. The van der Waals surface area contributed by atoms with E-state index in [0.29, 0.717) is 31.0 Å². The van der Waals surface area contributed by atoms with Gasteiger partial charge in [-0.3, -0.25) is 0 Å². The fourth-order valence-corrected chi connectivity index (χ4v) is 3.29. The van der Waals surface area contributed by atoms with E-state index in [2.05, 4.69) is 27.5 Å². The van der Waals surface area contributed by atoms with Crippen LogP contribution < -0.4 is 20.3 Å². The molecule has 1 heterocycles. The predicted molar refractivity (Wildman–Crippen MR) is 114 cm³/mol. The van der Waals surface area contributed by atoms with Crippen molar-refractivity contribution in [3.05, 3.63) is 53.8 Å². The second kappa shape index (κ2) is 10.1. The quantitative estimate of drug-likeness (QED) is 0.749. The highest BCUT2D eigenvalue weighted by Crippen LogP contribution is 2.30. The number of halogens is 1. The van der Waals surface area contributed by atoms with Crippen LogP contribution in [0.25, 0.3) is 0 Å². The van der Waals surface area contributed by atoms with Crippen LogP contribution in [0.15, 0.2) is 42.5 Å². The second-order valence-corrected chi connectivity index (χ2v) is 7.16. The minimum Gasteiger partial charge on any atom is -0.492 e. The third kappa shape index (κ3) is 6.09. The molecule has 0 saturated carbocycles. The van der Waals surface area contributed by atoms with E-state index in [0.717, 1.165) is 37.4 Å². The van der Waals surface area contributed by atoms with Gasteiger partial charge < -0.3 is 25.2 Å². The Labute approximate surface area is 171 Å². The highest BCUT2D eigenvalue weighted by Gasteiger charge is 2.16. The van der Waals surface area contributed by atoms with E-state index in [4.69, 9.17) is 4.74 Å². The van der Waals surface area contributed by atoms with E-state index in [1.807, 2.05) is 25.1 Å². The van der Waals surface area contributed by atoms with Crippen molar-refractivity contribution in [2.24, 2.45) is 0 Å². The van der Waals surface area contributed by atoms with E-state index in [9.17, 15) is 9.18 Å². The van der Waals surface area contributed by atoms with Gasteiger partial charge in [0.15, 0.2) is 0 Å². The topological polar surface area (TPSA) is 56.8 Å². The summed E-state index contributed by atoms with van der Waals surface area (Å²) in [6, 6.07) is 11.9. The minimum absolute atomic E-state index is 0.261. The van der Waals surface area contributed by atoms with Crippen LogP contribution >= 0.6 is 0 Å². The first-order chi connectivity index (χ1) is 14.0. The zero-order valence-electron chi connectivity index (χ0n) is 17.1. The molecular formula is C22H29FN4O2. The zero-order chi connectivity index (χ0) is 20.6. The van der Waals surface area contributed by atoms with Crippen molar-refractivity contribution in [2.75, 3.05) is 56.6 Å². The fraction of sp³-hybridized carbons (Fsp3) is 0.409. The van der Waals surface area contributed by atoms with Gasteiger partial charge in [0.1, 0.15) is 11.6 Å². The summed E-state index contributed by atoms with van der Waals surface area (Å²) >= 11 is 0. The molecule has 156 valence electrons. The number of piperazine rings is 1. The molecule has 29 heavy (non-hydrogen) atoms. The number of hydrogen-bond donors (Lipinski definition) is 2. The Hall–Kier alpha value is -2.80. The molecule has 0 spiro atoms. The van der Waals surface area contributed by atoms with Crippen molar-refractivity contribution < 1.29 is 13.9 Å². The predicted octanol–water partition coefficient (Wildman–Crippen LogP) is 3.34. The van der Waals surface area contributed by atoms with Crippen molar-refractivity contribution in [2.45, 2.75) is 13.3 Å². The third-order valence-electron chi connectivity index (χ3n) is 4.99. The second-order valence-electron chi connectivity index (χ2n) is 7.16. The van der Waals surface area contributed by atoms with Gasteiger partial charge in [-0.05, 0) is 50.2 Å². The molecule has 2 aromatic rings. The number of carbonyl (C=O) groups is 1. The zero-order valence-corrected chi connectivity index (χ0v) is 17.1. The van der Waals surface area contributed by atoms with Crippen LogP contribution in [-0.2, 0) is 6.42 Å². The van der Waals surface area contributed by atoms with E-state index < -0.39 is 0 Å². The third-order valence-corrected chi connectivity index (χ3v) is 4.99. The summed E-state index contributed by atoms with van der Waals surface area (Å²) in [4.78, 5) is 16.9. The van der Waals surface area contributed by atoms with Crippen molar-refractivity contribution in [3.63, 3.8) is 0 Å². The number of likely N-dealkylation sites (N-methyl/N-ethyl adjacent to an activating group) is 1. The first-order valence-electron chi connectivity index (χ1n) is 10.0. The summed E-state index contributed by atoms with van der Waals surface area (Å²) in [5.74, 6) is 0.403. The number of rotatable bonds is 7. The number of anilines is 2. The summed E-state index contributed by atoms with van der Waals surface area (Å²) in [5, 5.41) is 5.70. The Morgan fingerprint density at radius 1 is 1.10 bits per heavy atom. The number of ether oxygens (including phenoxy) is 1. The van der Waals surface area contributed by atoms with Crippen molar-refractivity contribution in [1.29, 1.82) is 0 Å². The highest BCUT2D eigenvalue weighted by molar-refractivity contribution is 5.91. The molecule has 0 aliphatic carbocycles. The van der Waals surface area contributed by atoms with Gasteiger partial charge in [-0.1, -0.05) is 12.1 Å². The molecule has 1 fully saturated rings. The van der Waals surface area contributed by atoms with Crippen LogP contribution in [0.3, 0.4) is 0 Å². The Bertz CT molecular complexity index is 805. The molecule has 6 nitrogen and oxygen atoms in total. The van der Waals surface area contributed by atoms with Crippen LogP contribution in [0.1, 0.15) is 12.5 Å². The van der Waals surface area contributed by atoms with Gasteiger partial charge in [0.05, 0.1) is 12.3 Å². The molecule has 2 amide bonds. The van der Waals surface area contributed by atoms with Crippen LogP contribution in [0, 0.1) is 5.82 Å². The van der Waals surface area contributed by atoms with E-state index in [1.165, 1.54) is 12.1 Å². The van der Waals surface area contributed by atoms with E-state index >= 15 is 0 Å². The van der Waals surface area contributed by atoms with E-state index in [1.54, 1.807) is 12.1 Å². The number of nitrogens with one attached hydrogen (secondary N) is 2. The number of nitrogens with zero attached hydrogens (tertiary/aromatic N) is 2. The molecule has 3 rings (SSSR count). The first-order valence-corrected chi connectivity index (χ1v) is 10.0. The van der Waals surface area contributed by atoms with Gasteiger partial charge in [-0.15, -0.1) is 0 Å². The van der Waals surface area contributed by atoms with Gasteiger partial charge in [0.2, 0.25) is 0 Å². The SMILES string of the molecule is CCOc1cc(N2CCN(C)CC2)ccc1NC(=O)NCCc1ccc(F)cc1. The molecule has 1 saturated heterocycles. The normalized spacial score (nSPS) is 14.5. The highest BCUT2D eigenvalue weighted by atomic mass is 19.1. The summed E-state index contributed by atoms with van der Waals surface area (Å²) in [7, 11) is 2.13. The smallest absolute Gasteiger partial charge is 0.319 e. The fourth-order valence-electron chi connectivity index (χ4n) is 3.29. The average molecular weight is 400 g/mol. The lowest BCUT2D eigenvalue weighted by molar-refractivity contribution is 0.252. The minimum atomic E-state index is -0.291. The van der Waals surface area contributed by atoms with Crippen LogP contribution in [0.2, 0.25) is 0 Å². The van der Waals surface area contributed by atoms with Crippen LogP contribution in [-0.4, -0.2) is 57.3 Å². The Kier molecular flexibility index (Phi) is 7.30. The maximum atomic E-state index is 12.9. The molecule has 1 aliphatic heterocycles. The first kappa shape index (κ1) is 20.9. The number of amides is 2. The number of hydrogen-bond acceptors (Lipinski definition) is 4. The maximum Gasteiger partial charge on any atom is 0.319 e.